The van der Waals surface area contributed by atoms with E-state index in [1.807, 2.05) is 42.7 Å². The number of carbonyl (C=O) groups excluding carboxylic acids is 1. The van der Waals surface area contributed by atoms with Crippen molar-refractivity contribution in [2.24, 2.45) is 0 Å². The fourth-order valence-electron chi connectivity index (χ4n) is 3.00. The molecule has 0 aliphatic carbocycles. The molecule has 4 rings (SSSR count). The molecule has 2 aromatic heterocycles. The highest BCUT2D eigenvalue weighted by Gasteiger charge is 2.21. The van der Waals surface area contributed by atoms with Crippen molar-refractivity contribution >= 4 is 16.9 Å². The molecule has 26 heavy (non-hydrogen) atoms. The molecule has 2 aromatic carbocycles. The zero-order valence-electron chi connectivity index (χ0n) is 14.5. The van der Waals surface area contributed by atoms with Crippen molar-refractivity contribution in [3.8, 4) is 17.3 Å². The third-order valence-corrected chi connectivity index (χ3v) is 4.33. The molecule has 0 aliphatic heterocycles. The monoisotopic (exact) mass is 346 g/mol. The van der Waals surface area contributed by atoms with E-state index >= 15 is 0 Å². The van der Waals surface area contributed by atoms with Crippen LogP contribution in [0.4, 0.5) is 0 Å². The topological polar surface area (TPSA) is 68.3 Å². The second kappa shape index (κ2) is 6.19. The highest BCUT2D eigenvalue weighted by atomic mass is 16.3. The molecule has 0 fully saturated rings. The normalized spacial score (nSPS) is 11.3. The Kier molecular flexibility index (Phi) is 3.84. The summed E-state index contributed by atoms with van der Waals surface area (Å²) in [7, 11) is 0. The van der Waals surface area contributed by atoms with Crippen molar-refractivity contribution in [3.63, 3.8) is 0 Å². The van der Waals surface area contributed by atoms with Gasteiger partial charge in [-0.05, 0) is 44.2 Å². The number of hydrogen-bond donors (Lipinski definition) is 1. The number of para-hydroxylation sites is 3. The van der Waals surface area contributed by atoms with Crippen molar-refractivity contribution in [1.82, 2.24) is 9.55 Å². The maximum absolute atomic E-state index is 12.8. The van der Waals surface area contributed by atoms with Gasteiger partial charge in [-0.3, -0.25) is 4.79 Å². The Bertz CT molecular complexity index is 1070. The van der Waals surface area contributed by atoms with Crippen molar-refractivity contribution < 1.29 is 14.3 Å². The molecule has 2 heterocycles. The maximum Gasteiger partial charge on any atom is 0.244 e. The predicted molar refractivity (Wildman–Crippen MR) is 99.4 cm³/mol. The first-order valence-electron chi connectivity index (χ1n) is 8.45. The third kappa shape index (κ3) is 2.67. The summed E-state index contributed by atoms with van der Waals surface area (Å²) in [4.78, 5) is 17.4. The number of nitrogens with zero attached hydrogens (tertiary/aromatic N) is 2. The van der Waals surface area contributed by atoms with Crippen LogP contribution in [-0.4, -0.2) is 20.4 Å². The molecule has 4 aromatic rings. The van der Waals surface area contributed by atoms with Crippen LogP contribution in [0.1, 0.15) is 35.8 Å². The lowest BCUT2D eigenvalue weighted by Gasteiger charge is -2.10. The first-order valence-corrected chi connectivity index (χ1v) is 8.45. The molecule has 0 spiro atoms. The van der Waals surface area contributed by atoms with E-state index in [0.29, 0.717) is 17.0 Å². The van der Waals surface area contributed by atoms with Gasteiger partial charge >= 0.3 is 0 Å². The van der Waals surface area contributed by atoms with Crippen LogP contribution < -0.4 is 0 Å². The summed E-state index contributed by atoms with van der Waals surface area (Å²) in [5, 5.41) is 9.98. The smallest absolute Gasteiger partial charge is 0.244 e. The summed E-state index contributed by atoms with van der Waals surface area (Å²) in [6, 6.07) is 16.0. The van der Waals surface area contributed by atoms with Crippen LogP contribution >= 0.6 is 0 Å². The molecule has 0 atom stereocenters. The Morgan fingerprint density at radius 2 is 1.85 bits per heavy atom. The summed E-state index contributed by atoms with van der Waals surface area (Å²) >= 11 is 0. The molecular formula is C21H18N2O3. The number of ketones is 1. The Morgan fingerprint density at radius 3 is 2.58 bits per heavy atom. The largest absolute Gasteiger partial charge is 0.507 e. The molecule has 0 saturated heterocycles. The van der Waals surface area contributed by atoms with E-state index < -0.39 is 0 Å². The number of phenols is 1. The summed E-state index contributed by atoms with van der Waals surface area (Å²) < 4.78 is 7.83. The van der Waals surface area contributed by atoms with Gasteiger partial charge in [-0.15, -0.1) is 0 Å². The van der Waals surface area contributed by atoms with Crippen molar-refractivity contribution in [3.05, 3.63) is 71.9 Å². The van der Waals surface area contributed by atoms with E-state index in [4.69, 9.17) is 4.42 Å². The minimum Gasteiger partial charge on any atom is -0.507 e. The van der Waals surface area contributed by atoms with Gasteiger partial charge in [0.05, 0.1) is 5.56 Å². The highest BCUT2D eigenvalue weighted by Crippen LogP contribution is 2.30. The molecule has 0 radical (unpaired) electrons. The van der Waals surface area contributed by atoms with Gasteiger partial charge in [-0.1, -0.05) is 24.3 Å². The molecule has 0 amide bonds. The average Bonchev–Trinajstić information content (AvgIpc) is 3.25. The Labute approximate surface area is 150 Å². The molecule has 1 N–H and O–H groups in total. The minimum atomic E-state index is -0.236. The number of carbonyl (C=O) groups is 1. The number of oxazole rings is 1. The highest BCUT2D eigenvalue weighted by molar-refractivity contribution is 6.11. The number of fused-ring (bicyclic) bond motifs is 1. The predicted octanol–water partition coefficient (Wildman–Crippen LogP) is 4.81. The van der Waals surface area contributed by atoms with Gasteiger partial charge in [0, 0.05) is 17.8 Å². The van der Waals surface area contributed by atoms with Crippen molar-refractivity contribution in [2.75, 3.05) is 0 Å². The van der Waals surface area contributed by atoms with Gasteiger partial charge < -0.3 is 14.1 Å². The lowest BCUT2D eigenvalue weighted by Crippen LogP contribution is -2.02. The molecule has 5 heteroatoms. The van der Waals surface area contributed by atoms with Crippen LogP contribution in [0.2, 0.25) is 0 Å². The standard InChI is InChI=1S/C21H18N2O3/c1-13(2)23-12-14(20(25)15-7-3-5-9-18(15)24)11-17(23)21-22-16-8-4-6-10-19(16)26-21/h3-13,24H,1-2H3. The number of hydrogen-bond acceptors (Lipinski definition) is 4. The van der Waals surface area contributed by atoms with Crippen LogP contribution in [-0.2, 0) is 0 Å². The summed E-state index contributed by atoms with van der Waals surface area (Å²) in [6.45, 7) is 4.06. The molecular weight excluding hydrogens is 328 g/mol. The van der Waals surface area contributed by atoms with Gasteiger partial charge in [0.15, 0.2) is 11.4 Å². The number of aromatic nitrogens is 2. The fraction of sp³-hybridized carbons (Fsp3) is 0.143. The number of phenolic OH excluding ortho intramolecular Hbond substituents is 1. The average molecular weight is 346 g/mol. The minimum absolute atomic E-state index is 0.0294. The third-order valence-electron chi connectivity index (χ3n) is 4.33. The Hall–Kier alpha value is -3.34. The SMILES string of the molecule is CC(C)n1cc(C(=O)c2ccccc2O)cc1-c1nc2ccccc2o1. The molecule has 0 unspecified atom stereocenters. The number of rotatable bonds is 4. The van der Waals surface area contributed by atoms with E-state index in [1.54, 1.807) is 30.5 Å². The molecule has 130 valence electrons. The Balaban J connectivity index is 1.83. The van der Waals surface area contributed by atoms with Gasteiger partial charge in [0.25, 0.3) is 0 Å². The summed E-state index contributed by atoms with van der Waals surface area (Å²) in [5.74, 6) is 0.203. The number of benzene rings is 2. The van der Waals surface area contributed by atoms with Crippen LogP contribution in [0.25, 0.3) is 22.7 Å². The summed E-state index contributed by atoms with van der Waals surface area (Å²) in [5.41, 5.74) is 2.96. The van der Waals surface area contributed by atoms with Crippen LogP contribution in [0.3, 0.4) is 0 Å². The summed E-state index contributed by atoms with van der Waals surface area (Å²) in [6.07, 6.45) is 1.78. The Morgan fingerprint density at radius 1 is 1.12 bits per heavy atom. The molecule has 0 aliphatic rings. The quantitative estimate of drug-likeness (QED) is 0.538. The lowest BCUT2D eigenvalue weighted by atomic mass is 10.0. The van der Waals surface area contributed by atoms with E-state index in [2.05, 4.69) is 4.98 Å². The first-order chi connectivity index (χ1) is 12.5. The van der Waals surface area contributed by atoms with Crippen LogP contribution in [0.15, 0.2) is 65.2 Å². The van der Waals surface area contributed by atoms with Crippen molar-refractivity contribution in [1.29, 1.82) is 0 Å². The second-order valence-corrected chi connectivity index (χ2v) is 6.45. The second-order valence-electron chi connectivity index (χ2n) is 6.45. The van der Waals surface area contributed by atoms with E-state index in [0.717, 1.165) is 11.2 Å². The fourth-order valence-corrected chi connectivity index (χ4v) is 3.00. The molecule has 0 bridgehead atoms. The van der Waals surface area contributed by atoms with Crippen LogP contribution in [0.5, 0.6) is 5.75 Å². The number of aromatic hydroxyl groups is 1. The van der Waals surface area contributed by atoms with E-state index in [1.165, 1.54) is 6.07 Å². The van der Waals surface area contributed by atoms with Gasteiger partial charge in [-0.2, -0.15) is 0 Å². The zero-order chi connectivity index (χ0) is 18.3. The lowest BCUT2D eigenvalue weighted by molar-refractivity contribution is 0.103. The van der Waals surface area contributed by atoms with E-state index in [-0.39, 0.29) is 23.1 Å². The van der Waals surface area contributed by atoms with Gasteiger partial charge in [0.2, 0.25) is 5.89 Å². The van der Waals surface area contributed by atoms with Crippen LogP contribution in [0, 0.1) is 0 Å². The maximum atomic E-state index is 12.8. The van der Waals surface area contributed by atoms with E-state index in [9.17, 15) is 9.90 Å². The molecule has 0 saturated carbocycles. The molecule has 5 nitrogen and oxygen atoms in total. The first kappa shape index (κ1) is 16.1. The van der Waals surface area contributed by atoms with Crippen molar-refractivity contribution in [2.45, 2.75) is 19.9 Å². The zero-order valence-corrected chi connectivity index (χ0v) is 14.5. The van der Waals surface area contributed by atoms with Gasteiger partial charge in [-0.25, -0.2) is 4.98 Å². The van der Waals surface area contributed by atoms with Gasteiger partial charge in [0.1, 0.15) is 17.0 Å².